The summed E-state index contributed by atoms with van der Waals surface area (Å²) < 4.78 is 5.20. The Bertz CT molecular complexity index is 875. The number of ether oxygens (including phenoxy) is 1. The topological polar surface area (TPSA) is 67.0 Å². The van der Waals surface area contributed by atoms with Gasteiger partial charge in [0.1, 0.15) is 5.75 Å². The second kappa shape index (κ2) is 6.24. The number of Topliss-reactive ketones (excluding diaryl/α,β-unsaturated/α-hetero) is 1. The normalized spacial score (nSPS) is 19.6. The molecule has 25 heavy (non-hydrogen) atoms. The van der Waals surface area contributed by atoms with Crippen LogP contribution in [0.3, 0.4) is 0 Å². The number of anilines is 1. The van der Waals surface area contributed by atoms with Crippen LogP contribution in [-0.2, 0) is 4.79 Å². The lowest BCUT2D eigenvalue weighted by molar-refractivity contribution is -0.116. The number of hydrogen-bond donors (Lipinski definition) is 2. The van der Waals surface area contributed by atoms with E-state index in [2.05, 4.69) is 27.7 Å². The van der Waals surface area contributed by atoms with Crippen molar-refractivity contribution in [2.24, 2.45) is 0 Å². The van der Waals surface area contributed by atoms with Gasteiger partial charge in [-0.1, -0.05) is 24.3 Å². The number of rotatable bonds is 3. The van der Waals surface area contributed by atoms with Crippen LogP contribution in [0.25, 0.3) is 6.08 Å². The number of methoxy groups -OCH3 is 1. The maximum absolute atomic E-state index is 12.6. The number of ketones is 1. The lowest BCUT2D eigenvalue weighted by atomic mass is 9.79. The number of benzene rings is 1. The zero-order chi connectivity index (χ0) is 17.4. The van der Waals surface area contributed by atoms with E-state index >= 15 is 0 Å². The molecule has 0 saturated carbocycles. The number of aromatic nitrogens is 2. The van der Waals surface area contributed by atoms with E-state index in [4.69, 9.17) is 4.74 Å². The van der Waals surface area contributed by atoms with Crippen LogP contribution in [0, 0.1) is 6.92 Å². The Morgan fingerprint density at radius 2 is 2.04 bits per heavy atom. The third-order valence-electron chi connectivity index (χ3n) is 4.94. The summed E-state index contributed by atoms with van der Waals surface area (Å²) in [4.78, 5) is 12.6. The summed E-state index contributed by atoms with van der Waals surface area (Å²) in [5.41, 5.74) is 5.07. The summed E-state index contributed by atoms with van der Waals surface area (Å²) in [6, 6.07) is 7.90. The van der Waals surface area contributed by atoms with Crippen LogP contribution >= 0.6 is 0 Å². The van der Waals surface area contributed by atoms with Crippen molar-refractivity contribution in [2.75, 3.05) is 12.4 Å². The van der Waals surface area contributed by atoms with Crippen molar-refractivity contribution in [1.82, 2.24) is 10.2 Å². The van der Waals surface area contributed by atoms with E-state index in [0.717, 1.165) is 52.5 Å². The third kappa shape index (κ3) is 2.76. The number of allylic oxidation sites excluding steroid dienone is 3. The molecule has 0 amide bonds. The summed E-state index contributed by atoms with van der Waals surface area (Å²) in [6.07, 6.45) is 6.61. The van der Waals surface area contributed by atoms with Gasteiger partial charge in [0.2, 0.25) is 0 Å². The average molecular weight is 335 g/mol. The second-order valence-electron chi connectivity index (χ2n) is 6.51. The van der Waals surface area contributed by atoms with Crippen LogP contribution in [0.1, 0.15) is 42.0 Å². The van der Waals surface area contributed by atoms with Crippen LogP contribution in [0.5, 0.6) is 5.75 Å². The van der Waals surface area contributed by atoms with Gasteiger partial charge in [0.05, 0.1) is 7.11 Å². The Kier molecular flexibility index (Phi) is 3.92. The first kappa shape index (κ1) is 15.7. The van der Waals surface area contributed by atoms with Crippen LogP contribution < -0.4 is 10.1 Å². The number of carbonyl (C=O) groups is 1. The highest BCUT2D eigenvalue weighted by atomic mass is 16.5. The molecule has 1 atom stereocenters. The molecule has 1 aliphatic carbocycles. The average Bonchev–Trinajstić information content (AvgIpc) is 3.00. The van der Waals surface area contributed by atoms with E-state index in [-0.39, 0.29) is 11.7 Å². The molecule has 1 aromatic carbocycles. The van der Waals surface area contributed by atoms with Crippen molar-refractivity contribution in [3.8, 4) is 5.75 Å². The molecule has 5 heteroatoms. The van der Waals surface area contributed by atoms with Gasteiger partial charge < -0.3 is 10.1 Å². The molecule has 1 aromatic heterocycles. The molecule has 2 heterocycles. The molecule has 1 aliphatic heterocycles. The Morgan fingerprint density at radius 3 is 2.80 bits per heavy atom. The van der Waals surface area contributed by atoms with E-state index in [0.29, 0.717) is 6.42 Å². The van der Waals surface area contributed by atoms with Crippen molar-refractivity contribution in [3.05, 3.63) is 58.4 Å². The van der Waals surface area contributed by atoms with Gasteiger partial charge in [0.25, 0.3) is 0 Å². The number of nitrogens with one attached hydrogen (secondary N) is 2. The fraction of sp³-hybridized carbons (Fsp3) is 0.300. The monoisotopic (exact) mass is 335 g/mol. The fourth-order valence-corrected chi connectivity index (χ4v) is 3.67. The molecule has 0 fully saturated rings. The SMILES string of the molecule is COc1ccc(/C=C/C2C3=C(CCCC3=O)Nc3n[nH]c(C)c32)cc1. The molecule has 5 nitrogen and oxygen atoms in total. The third-order valence-corrected chi connectivity index (χ3v) is 4.94. The van der Waals surface area contributed by atoms with Gasteiger partial charge >= 0.3 is 0 Å². The largest absolute Gasteiger partial charge is 0.497 e. The molecule has 2 aliphatic rings. The van der Waals surface area contributed by atoms with E-state index < -0.39 is 0 Å². The predicted molar refractivity (Wildman–Crippen MR) is 97.6 cm³/mol. The number of aromatic amines is 1. The predicted octanol–water partition coefficient (Wildman–Crippen LogP) is 3.96. The Hall–Kier alpha value is -2.82. The van der Waals surface area contributed by atoms with Crippen LogP contribution in [0.2, 0.25) is 0 Å². The van der Waals surface area contributed by atoms with E-state index in [9.17, 15) is 4.79 Å². The number of H-pyrrole nitrogens is 1. The van der Waals surface area contributed by atoms with Crippen molar-refractivity contribution in [2.45, 2.75) is 32.1 Å². The van der Waals surface area contributed by atoms with E-state index in [1.54, 1.807) is 7.11 Å². The van der Waals surface area contributed by atoms with Crippen molar-refractivity contribution < 1.29 is 9.53 Å². The van der Waals surface area contributed by atoms with Crippen LogP contribution in [0.15, 0.2) is 41.6 Å². The Labute approximate surface area is 146 Å². The van der Waals surface area contributed by atoms with Crippen molar-refractivity contribution in [3.63, 3.8) is 0 Å². The molecular weight excluding hydrogens is 314 g/mol. The first-order valence-electron chi connectivity index (χ1n) is 8.57. The molecule has 0 bridgehead atoms. The van der Waals surface area contributed by atoms with Crippen molar-refractivity contribution >= 4 is 17.7 Å². The van der Waals surface area contributed by atoms with Gasteiger partial charge in [-0.3, -0.25) is 9.89 Å². The highest BCUT2D eigenvalue weighted by Gasteiger charge is 2.35. The van der Waals surface area contributed by atoms with Crippen LogP contribution in [-0.4, -0.2) is 23.1 Å². The zero-order valence-corrected chi connectivity index (χ0v) is 14.4. The standard InChI is InChI=1S/C20H21N3O2/c1-12-18-15(11-8-13-6-9-14(25-2)10-7-13)19-16(4-3-5-17(19)24)21-20(18)23-22-12/h6-11,15H,3-5H2,1-2H3,(H2,21,22,23)/b11-8+. The molecule has 4 rings (SSSR count). The quantitative estimate of drug-likeness (QED) is 0.891. The molecule has 2 aromatic rings. The van der Waals surface area contributed by atoms with Gasteiger partial charge in [-0.25, -0.2) is 0 Å². The van der Waals surface area contributed by atoms with Gasteiger partial charge in [-0.15, -0.1) is 0 Å². The smallest absolute Gasteiger partial charge is 0.161 e. The summed E-state index contributed by atoms with van der Waals surface area (Å²) in [6.45, 7) is 2.00. The number of aryl methyl sites for hydroxylation is 1. The zero-order valence-electron chi connectivity index (χ0n) is 14.4. The van der Waals surface area contributed by atoms with Gasteiger partial charge in [0.15, 0.2) is 11.6 Å². The summed E-state index contributed by atoms with van der Waals surface area (Å²) in [5.74, 6) is 1.86. The number of hydrogen-bond acceptors (Lipinski definition) is 4. The minimum atomic E-state index is -0.0556. The number of carbonyl (C=O) groups excluding carboxylic acids is 1. The number of nitrogens with zero attached hydrogens (tertiary/aromatic N) is 1. The lowest BCUT2D eigenvalue weighted by Crippen LogP contribution is -2.25. The van der Waals surface area contributed by atoms with Gasteiger partial charge in [-0.2, -0.15) is 5.10 Å². The van der Waals surface area contributed by atoms with E-state index in [1.807, 2.05) is 31.2 Å². The molecule has 1 unspecified atom stereocenters. The fourth-order valence-electron chi connectivity index (χ4n) is 3.67. The highest BCUT2D eigenvalue weighted by molar-refractivity contribution is 6.00. The maximum atomic E-state index is 12.6. The molecule has 0 radical (unpaired) electrons. The van der Waals surface area contributed by atoms with E-state index in [1.165, 1.54) is 0 Å². The lowest BCUT2D eigenvalue weighted by Gasteiger charge is -2.30. The van der Waals surface area contributed by atoms with Gasteiger partial charge in [-0.05, 0) is 37.5 Å². The molecule has 0 saturated heterocycles. The Morgan fingerprint density at radius 1 is 1.24 bits per heavy atom. The summed E-state index contributed by atoms with van der Waals surface area (Å²) >= 11 is 0. The second-order valence-corrected chi connectivity index (χ2v) is 6.51. The Balaban J connectivity index is 1.74. The van der Waals surface area contributed by atoms with Crippen LogP contribution in [0.4, 0.5) is 5.82 Å². The van der Waals surface area contributed by atoms with Gasteiger partial charge in [0, 0.05) is 34.9 Å². The minimum Gasteiger partial charge on any atom is -0.497 e. The summed E-state index contributed by atoms with van der Waals surface area (Å²) in [5, 5.41) is 10.8. The van der Waals surface area contributed by atoms with Crippen molar-refractivity contribution in [1.29, 1.82) is 0 Å². The first-order valence-corrected chi connectivity index (χ1v) is 8.57. The minimum absolute atomic E-state index is 0.0556. The maximum Gasteiger partial charge on any atom is 0.161 e. The highest BCUT2D eigenvalue weighted by Crippen LogP contribution is 2.43. The first-order chi connectivity index (χ1) is 12.2. The summed E-state index contributed by atoms with van der Waals surface area (Å²) in [7, 11) is 1.66. The molecular formula is C20H21N3O2. The molecule has 0 spiro atoms. The molecule has 2 N–H and O–H groups in total. The number of fused-ring (bicyclic) bond motifs is 1. The molecule has 128 valence electrons.